The van der Waals surface area contributed by atoms with E-state index in [1.165, 1.54) is 27.9 Å². The Labute approximate surface area is 147 Å². The summed E-state index contributed by atoms with van der Waals surface area (Å²) >= 11 is 0.150. The van der Waals surface area contributed by atoms with Crippen molar-refractivity contribution in [3.8, 4) is 0 Å². The summed E-state index contributed by atoms with van der Waals surface area (Å²) in [5.74, 6) is -0.599. The van der Waals surface area contributed by atoms with Gasteiger partial charge in [0.15, 0.2) is 12.3 Å². The van der Waals surface area contributed by atoms with E-state index in [2.05, 4.69) is 4.18 Å². The van der Waals surface area contributed by atoms with Gasteiger partial charge in [-0.3, -0.25) is 13.3 Å². The van der Waals surface area contributed by atoms with Gasteiger partial charge >= 0.3 is 19.6 Å². The van der Waals surface area contributed by atoms with Gasteiger partial charge in [-0.05, 0) is 13.8 Å². The Kier molecular flexibility index (Phi) is 10.2. The van der Waals surface area contributed by atoms with Crippen molar-refractivity contribution in [1.29, 1.82) is 0 Å². The summed E-state index contributed by atoms with van der Waals surface area (Å²) in [6, 6.07) is 0. The van der Waals surface area contributed by atoms with E-state index in [1.54, 1.807) is 0 Å². The van der Waals surface area contributed by atoms with Gasteiger partial charge in [0.1, 0.15) is 0 Å². The lowest BCUT2D eigenvalue weighted by atomic mass is 10.9. The molecule has 0 N–H and O–H groups in total. The minimum absolute atomic E-state index is 0.150. The second kappa shape index (κ2) is 10.0. The maximum absolute atomic E-state index is 13.4. The summed E-state index contributed by atoms with van der Waals surface area (Å²) < 4.78 is 78.7. The Morgan fingerprint density at radius 3 is 1.67 bits per heavy atom. The van der Waals surface area contributed by atoms with E-state index in [4.69, 9.17) is 22.3 Å². The molecule has 146 valence electrons. The maximum atomic E-state index is 13.4. The van der Waals surface area contributed by atoms with Crippen LogP contribution in [-0.2, 0) is 45.4 Å². The lowest BCUT2D eigenvalue weighted by molar-refractivity contribution is 0.152. The average molecular weight is 430 g/mol. The lowest BCUT2D eigenvalue weighted by Gasteiger charge is -2.38. The molecule has 1 unspecified atom stereocenters. The second-order valence-corrected chi connectivity index (χ2v) is 12.4. The standard InChI is InChI=1S/C10H24O10P2S2/c1-7-18-22(12,19-8-2)10(20-23-17-6,24(13,14)9-3)21(11,15-4)16-5/h7-9H2,1-6H3. The first-order valence-electron chi connectivity index (χ1n) is 6.83. The molecule has 10 nitrogen and oxygen atoms in total. The van der Waals surface area contributed by atoms with Crippen molar-refractivity contribution in [3.63, 3.8) is 0 Å². The van der Waals surface area contributed by atoms with Crippen molar-refractivity contribution in [2.24, 2.45) is 0 Å². The largest absolute Gasteiger partial charge is 0.392 e. The quantitative estimate of drug-likeness (QED) is 0.316. The lowest BCUT2D eigenvalue weighted by Crippen LogP contribution is -2.43. The minimum Gasteiger partial charge on any atom is -0.309 e. The van der Waals surface area contributed by atoms with Crippen LogP contribution in [-0.4, -0.2) is 53.1 Å². The van der Waals surface area contributed by atoms with E-state index >= 15 is 0 Å². The maximum Gasteiger partial charge on any atom is 0.392 e. The number of sulfone groups is 1. The molecule has 0 aromatic carbocycles. The summed E-state index contributed by atoms with van der Waals surface area (Å²) in [6.45, 7) is 3.77. The van der Waals surface area contributed by atoms with Crippen LogP contribution in [0.5, 0.6) is 0 Å². The van der Waals surface area contributed by atoms with E-state index in [1.807, 2.05) is 0 Å². The molecule has 0 fully saturated rings. The molecule has 0 aromatic rings. The predicted octanol–water partition coefficient (Wildman–Crippen LogP) is 3.01. The predicted molar refractivity (Wildman–Crippen MR) is 90.4 cm³/mol. The first-order chi connectivity index (χ1) is 11.1. The van der Waals surface area contributed by atoms with Gasteiger partial charge in [0, 0.05) is 14.2 Å². The minimum atomic E-state index is -4.71. The Balaban J connectivity index is 6.94. The molecule has 14 heteroatoms. The molecule has 0 aliphatic carbocycles. The van der Waals surface area contributed by atoms with Crippen LogP contribution in [0.15, 0.2) is 0 Å². The van der Waals surface area contributed by atoms with E-state index in [0.717, 1.165) is 14.2 Å². The first kappa shape index (κ1) is 24.5. The van der Waals surface area contributed by atoms with Gasteiger partial charge in [0.2, 0.25) is 9.84 Å². The second-order valence-electron chi connectivity index (χ2n) is 3.97. The van der Waals surface area contributed by atoms with Gasteiger partial charge in [-0.25, -0.2) is 12.6 Å². The Hall–Kier alpha value is 0.520. The van der Waals surface area contributed by atoms with E-state index in [0.29, 0.717) is 0 Å². The van der Waals surface area contributed by atoms with Crippen molar-refractivity contribution < 1.29 is 44.0 Å². The van der Waals surface area contributed by atoms with Gasteiger partial charge in [0.05, 0.1) is 26.1 Å². The molecule has 0 saturated heterocycles. The van der Waals surface area contributed by atoms with E-state index in [-0.39, 0.29) is 25.5 Å². The van der Waals surface area contributed by atoms with Gasteiger partial charge in [-0.15, -0.1) is 0 Å². The molecule has 0 aliphatic rings. The van der Waals surface area contributed by atoms with Crippen LogP contribution in [0.1, 0.15) is 20.8 Å². The highest BCUT2D eigenvalue weighted by Gasteiger charge is 2.75. The van der Waals surface area contributed by atoms with Crippen molar-refractivity contribution in [2.45, 2.75) is 25.2 Å². The third-order valence-electron chi connectivity index (χ3n) is 2.77. The Morgan fingerprint density at radius 2 is 1.38 bits per heavy atom. The highest BCUT2D eigenvalue weighted by molar-refractivity contribution is 8.09. The topological polar surface area (TPSA) is 124 Å². The van der Waals surface area contributed by atoms with Crippen LogP contribution in [0.3, 0.4) is 0 Å². The highest BCUT2D eigenvalue weighted by atomic mass is 32.2. The summed E-state index contributed by atoms with van der Waals surface area (Å²) in [4.78, 5) is 0. The zero-order chi connectivity index (χ0) is 19.1. The third-order valence-corrected chi connectivity index (χ3v) is 13.4. The molecule has 1 atom stereocenters. The smallest absolute Gasteiger partial charge is 0.309 e. The molecule has 0 spiro atoms. The zero-order valence-electron chi connectivity index (χ0n) is 14.4. The molecule has 24 heavy (non-hydrogen) atoms. The van der Waals surface area contributed by atoms with Crippen LogP contribution >= 0.6 is 27.5 Å². The van der Waals surface area contributed by atoms with Crippen molar-refractivity contribution in [1.82, 2.24) is 0 Å². The molecular weight excluding hydrogens is 406 g/mol. The van der Waals surface area contributed by atoms with Crippen LogP contribution in [0.4, 0.5) is 0 Å². The SMILES string of the molecule is CCOP(=O)(OCC)C(OSOC)(P(=O)(OC)OC)S(=O)(=O)CC. The molecule has 0 aliphatic heterocycles. The molecular formula is C10H24O10P2S2. The molecule has 0 heterocycles. The number of hydrogen-bond acceptors (Lipinski definition) is 11. The fourth-order valence-corrected chi connectivity index (χ4v) is 11.7. The first-order valence-corrected chi connectivity index (χ1v) is 12.2. The van der Waals surface area contributed by atoms with Crippen LogP contribution < -0.4 is 0 Å². The van der Waals surface area contributed by atoms with Gasteiger partial charge in [-0.2, -0.15) is 0 Å². The molecule has 0 saturated carbocycles. The molecule has 0 amide bonds. The van der Waals surface area contributed by atoms with Crippen molar-refractivity contribution in [3.05, 3.63) is 0 Å². The van der Waals surface area contributed by atoms with E-state index in [9.17, 15) is 17.5 Å². The summed E-state index contributed by atoms with van der Waals surface area (Å²) in [6.07, 6.45) is 0. The van der Waals surface area contributed by atoms with Gasteiger partial charge < -0.3 is 18.1 Å². The van der Waals surface area contributed by atoms with Gasteiger partial charge in [-0.1, -0.05) is 6.92 Å². The zero-order valence-corrected chi connectivity index (χ0v) is 17.8. The van der Waals surface area contributed by atoms with Crippen LogP contribution in [0.25, 0.3) is 0 Å². The monoisotopic (exact) mass is 430 g/mol. The van der Waals surface area contributed by atoms with Crippen molar-refractivity contribution >= 4 is 37.4 Å². The summed E-state index contributed by atoms with van der Waals surface area (Å²) in [5, 5.41) is 0. The molecule has 0 bridgehead atoms. The normalized spacial score (nSPS) is 16.1. The van der Waals surface area contributed by atoms with Crippen molar-refractivity contribution in [2.75, 3.05) is 40.3 Å². The highest BCUT2D eigenvalue weighted by Crippen LogP contribution is 2.80. The Bertz CT molecular complexity index is 562. The summed E-state index contributed by atoms with van der Waals surface area (Å²) in [7, 11) is -10.9. The van der Waals surface area contributed by atoms with E-state index < -0.39 is 35.2 Å². The van der Waals surface area contributed by atoms with Crippen LogP contribution in [0, 0.1) is 0 Å². The fourth-order valence-electron chi connectivity index (χ4n) is 1.75. The van der Waals surface area contributed by atoms with Gasteiger partial charge in [0.25, 0.3) is 0 Å². The third kappa shape index (κ3) is 4.25. The molecule has 0 radical (unpaired) electrons. The number of hydrogen-bond donors (Lipinski definition) is 0. The number of rotatable bonds is 13. The fraction of sp³-hybridized carbons (Fsp3) is 1.00. The molecule has 0 rings (SSSR count). The summed E-state index contributed by atoms with van der Waals surface area (Å²) in [5.41, 5.74) is 0. The van der Waals surface area contributed by atoms with Crippen LogP contribution in [0.2, 0.25) is 0 Å². The Morgan fingerprint density at radius 1 is 0.917 bits per heavy atom. The molecule has 0 aromatic heterocycles. The average Bonchev–Trinajstić information content (AvgIpc) is 2.55.